The minimum Gasteiger partial charge on any atom is -0.219 e. The Hall–Kier alpha value is 0.430. The van der Waals surface area contributed by atoms with Gasteiger partial charge in [-0.25, -0.2) is 4.98 Å². The van der Waals surface area contributed by atoms with Gasteiger partial charge in [-0.05, 0) is 11.5 Å². The maximum absolute atomic E-state index is 5.66. The monoisotopic (exact) mass is 258 g/mol. The zero-order chi connectivity index (χ0) is 10.3. The summed E-state index contributed by atoms with van der Waals surface area (Å²) in [5, 5.41) is 0.419. The largest absolute Gasteiger partial charge is 0.243 e. The topological polar surface area (TPSA) is 25.8 Å². The van der Waals surface area contributed by atoms with Crippen molar-refractivity contribution in [2.24, 2.45) is 0 Å². The van der Waals surface area contributed by atoms with Crippen LogP contribution < -0.4 is 0 Å². The molecule has 0 bridgehead atoms. The van der Waals surface area contributed by atoms with E-state index >= 15 is 0 Å². The third-order valence-corrected chi connectivity index (χ3v) is 3.05. The van der Waals surface area contributed by atoms with Gasteiger partial charge in [-0.3, -0.25) is 0 Å². The third-order valence-electron chi connectivity index (χ3n) is 1.34. The van der Waals surface area contributed by atoms with Crippen LogP contribution in [0.2, 0.25) is 0 Å². The first-order valence-electron chi connectivity index (χ1n) is 3.62. The van der Waals surface area contributed by atoms with E-state index in [4.69, 9.17) is 34.8 Å². The van der Waals surface area contributed by atoms with Gasteiger partial charge in [0.2, 0.25) is 3.79 Å². The van der Waals surface area contributed by atoms with Gasteiger partial charge in [-0.1, -0.05) is 55.6 Å². The molecular formula is C7H9Cl3N2S. The highest BCUT2D eigenvalue weighted by Gasteiger charge is 2.30. The van der Waals surface area contributed by atoms with Crippen LogP contribution in [-0.2, 0) is 9.21 Å². The first kappa shape index (κ1) is 11.5. The number of rotatable bonds is 0. The molecule has 2 nitrogen and oxygen atoms in total. The summed E-state index contributed by atoms with van der Waals surface area (Å²) in [6.07, 6.45) is 0. The van der Waals surface area contributed by atoms with Gasteiger partial charge in [0.05, 0.1) is 0 Å². The highest BCUT2D eigenvalue weighted by atomic mass is 35.6. The molecule has 0 unspecified atom stereocenters. The molecule has 0 aromatic carbocycles. The van der Waals surface area contributed by atoms with E-state index in [9.17, 15) is 0 Å². The van der Waals surface area contributed by atoms with Gasteiger partial charge >= 0.3 is 0 Å². The molecule has 0 atom stereocenters. The van der Waals surface area contributed by atoms with Crippen LogP contribution in [0.4, 0.5) is 0 Å². The highest BCUT2D eigenvalue weighted by molar-refractivity contribution is 7.07. The van der Waals surface area contributed by atoms with Gasteiger partial charge in [0, 0.05) is 5.41 Å². The summed E-state index contributed by atoms with van der Waals surface area (Å²) in [5.74, 6) is 0.707. The molecule has 1 heterocycles. The summed E-state index contributed by atoms with van der Waals surface area (Å²) in [7, 11) is 0. The van der Waals surface area contributed by atoms with E-state index in [1.165, 1.54) is 0 Å². The average molecular weight is 260 g/mol. The van der Waals surface area contributed by atoms with Gasteiger partial charge in [0.1, 0.15) is 5.82 Å². The molecule has 0 N–H and O–H groups in total. The SMILES string of the molecule is CC(C)(C)c1nsc(C(Cl)(Cl)Cl)n1. The Morgan fingerprint density at radius 2 is 1.69 bits per heavy atom. The van der Waals surface area contributed by atoms with Crippen molar-refractivity contribution in [3.63, 3.8) is 0 Å². The smallest absolute Gasteiger partial charge is 0.219 e. The molecule has 0 aliphatic heterocycles. The summed E-state index contributed by atoms with van der Waals surface area (Å²) in [6, 6.07) is 0. The first-order chi connectivity index (χ1) is 5.71. The van der Waals surface area contributed by atoms with E-state index in [0.29, 0.717) is 10.8 Å². The lowest BCUT2D eigenvalue weighted by atomic mass is 9.96. The lowest BCUT2D eigenvalue weighted by Crippen LogP contribution is -2.13. The molecule has 0 saturated heterocycles. The molecule has 74 valence electrons. The van der Waals surface area contributed by atoms with E-state index in [1.807, 2.05) is 20.8 Å². The van der Waals surface area contributed by atoms with E-state index < -0.39 is 3.79 Å². The lowest BCUT2D eigenvalue weighted by Gasteiger charge is -2.12. The summed E-state index contributed by atoms with van der Waals surface area (Å²) >= 11 is 18.1. The molecule has 1 aromatic rings. The molecule has 0 spiro atoms. The van der Waals surface area contributed by atoms with Crippen LogP contribution in [-0.4, -0.2) is 9.36 Å². The predicted molar refractivity (Wildman–Crippen MR) is 57.8 cm³/mol. The second kappa shape index (κ2) is 3.54. The Morgan fingerprint density at radius 1 is 1.15 bits per heavy atom. The van der Waals surface area contributed by atoms with Crippen LogP contribution in [0.25, 0.3) is 0 Å². The summed E-state index contributed by atoms with van der Waals surface area (Å²) in [6.45, 7) is 6.03. The van der Waals surface area contributed by atoms with Crippen LogP contribution in [0.5, 0.6) is 0 Å². The van der Waals surface area contributed by atoms with Gasteiger partial charge < -0.3 is 0 Å². The van der Waals surface area contributed by atoms with Gasteiger partial charge in [0.15, 0.2) is 5.01 Å². The van der Waals surface area contributed by atoms with Crippen LogP contribution in [0.15, 0.2) is 0 Å². The lowest BCUT2D eigenvalue weighted by molar-refractivity contribution is 0.553. The normalized spacial score (nSPS) is 13.4. The Kier molecular flexibility index (Phi) is 3.13. The average Bonchev–Trinajstić information content (AvgIpc) is 2.28. The molecule has 0 radical (unpaired) electrons. The van der Waals surface area contributed by atoms with Gasteiger partial charge in [0.25, 0.3) is 0 Å². The van der Waals surface area contributed by atoms with Crippen molar-refractivity contribution in [1.29, 1.82) is 0 Å². The van der Waals surface area contributed by atoms with Gasteiger partial charge in [-0.15, -0.1) is 0 Å². The van der Waals surface area contributed by atoms with Crippen molar-refractivity contribution in [3.8, 4) is 0 Å². The Morgan fingerprint density at radius 3 is 1.92 bits per heavy atom. The maximum Gasteiger partial charge on any atom is 0.243 e. The van der Waals surface area contributed by atoms with Crippen LogP contribution >= 0.6 is 46.3 Å². The fourth-order valence-electron chi connectivity index (χ4n) is 0.643. The van der Waals surface area contributed by atoms with E-state index in [2.05, 4.69) is 9.36 Å². The van der Waals surface area contributed by atoms with Crippen LogP contribution in [0.3, 0.4) is 0 Å². The Balaban J connectivity index is 3.01. The first-order valence-corrected chi connectivity index (χ1v) is 5.53. The van der Waals surface area contributed by atoms with Crippen molar-refractivity contribution in [2.45, 2.75) is 30.0 Å². The van der Waals surface area contributed by atoms with Crippen molar-refractivity contribution in [1.82, 2.24) is 9.36 Å². The number of alkyl halides is 3. The molecule has 0 fully saturated rings. The van der Waals surface area contributed by atoms with Crippen molar-refractivity contribution in [3.05, 3.63) is 10.8 Å². The number of hydrogen-bond donors (Lipinski definition) is 0. The van der Waals surface area contributed by atoms with Crippen molar-refractivity contribution >= 4 is 46.3 Å². The van der Waals surface area contributed by atoms with Gasteiger partial charge in [-0.2, -0.15) is 4.37 Å². The summed E-state index contributed by atoms with van der Waals surface area (Å²) < 4.78 is 2.67. The quantitative estimate of drug-likeness (QED) is 0.665. The van der Waals surface area contributed by atoms with E-state index in [-0.39, 0.29) is 5.41 Å². The second-order valence-electron chi connectivity index (χ2n) is 3.67. The molecule has 0 amide bonds. The molecule has 1 aromatic heterocycles. The standard InChI is InChI=1S/C7H9Cl3N2S/c1-6(2,3)4-11-5(13-12-4)7(8,9)10/h1-3H3. The summed E-state index contributed by atoms with van der Waals surface area (Å²) in [5.41, 5.74) is -0.106. The highest BCUT2D eigenvalue weighted by Crippen LogP contribution is 2.39. The minimum atomic E-state index is -1.46. The fourth-order valence-corrected chi connectivity index (χ4v) is 1.80. The molecule has 0 aliphatic rings. The van der Waals surface area contributed by atoms with Crippen LogP contribution in [0.1, 0.15) is 31.6 Å². The van der Waals surface area contributed by atoms with Crippen LogP contribution in [0, 0.1) is 0 Å². The molecule has 6 heteroatoms. The molecule has 13 heavy (non-hydrogen) atoms. The Bertz CT molecular complexity index is 269. The molecule has 0 saturated carbocycles. The zero-order valence-electron chi connectivity index (χ0n) is 7.44. The molecule has 0 aliphatic carbocycles. The second-order valence-corrected chi connectivity index (χ2v) is 6.70. The fraction of sp³-hybridized carbons (Fsp3) is 0.714. The Labute approximate surface area is 96.4 Å². The summed E-state index contributed by atoms with van der Waals surface area (Å²) in [4.78, 5) is 4.16. The number of hydrogen-bond acceptors (Lipinski definition) is 3. The van der Waals surface area contributed by atoms with E-state index in [1.54, 1.807) is 0 Å². The van der Waals surface area contributed by atoms with E-state index in [0.717, 1.165) is 11.5 Å². The van der Waals surface area contributed by atoms with Crippen molar-refractivity contribution < 1.29 is 0 Å². The molecule has 1 rings (SSSR count). The predicted octanol–water partition coefficient (Wildman–Crippen LogP) is 3.66. The third kappa shape index (κ3) is 2.94. The number of nitrogens with zero attached hydrogens (tertiary/aromatic N) is 2. The number of aromatic nitrogens is 2. The minimum absolute atomic E-state index is 0.106. The molecular weight excluding hydrogens is 251 g/mol. The number of halogens is 3. The van der Waals surface area contributed by atoms with Crippen molar-refractivity contribution in [2.75, 3.05) is 0 Å². The maximum atomic E-state index is 5.66. The zero-order valence-corrected chi connectivity index (χ0v) is 10.5.